The maximum atomic E-state index is 12.0. The molecule has 0 unspecified atom stereocenters. The lowest BCUT2D eigenvalue weighted by atomic mass is 10.1. The van der Waals surface area contributed by atoms with Gasteiger partial charge in [-0.1, -0.05) is 17.2 Å². The molecule has 8 heteroatoms. The Morgan fingerprint density at radius 3 is 2.33 bits per heavy atom. The third-order valence-corrected chi connectivity index (χ3v) is 3.06. The molecule has 21 heavy (non-hydrogen) atoms. The van der Waals surface area contributed by atoms with E-state index >= 15 is 0 Å². The second-order valence-corrected chi connectivity index (χ2v) is 4.45. The molecule has 106 valence electrons. The van der Waals surface area contributed by atoms with Crippen LogP contribution in [0.25, 0.3) is 0 Å². The van der Waals surface area contributed by atoms with Gasteiger partial charge in [0.1, 0.15) is 18.6 Å². The SMILES string of the molecule is Cn1cnnc1CC(=O)ON1C(=O)c2ccccc2C1=O. The predicted molar refractivity (Wildman–Crippen MR) is 67.7 cm³/mol. The second-order valence-electron chi connectivity index (χ2n) is 4.45. The van der Waals surface area contributed by atoms with E-state index in [0.717, 1.165) is 0 Å². The lowest BCUT2D eigenvalue weighted by Gasteiger charge is -2.12. The number of imide groups is 1. The fourth-order valence-corrected chi connectivity index (χ4v) is 1.98. The summed E-state index contributed by atoms with van der Waals surface area (Å²) in [5, 5.41) is 7.83. The maximum Gasteiger partial charge on any atom is 0.340 e. The van der Waals surface area contributed by atoms with E-state index in [4.69, 9.17) is 4.84 Å². The number of carbonyl (C=O) groups excluding carboxylic acids is 3. The summed E-state index contributed by atoms with van der Waals surface area (Å²) < 4.78 is 1.55. The standard InChI is InChI=1S/C13H10N4O4/c1-16-7-14-15-10(16)6-11(18)21-17-12(19)8-4-2-3-5-9(8)13(17)20/h2-5,7H,6H2,1H3. The van der Waals surface area contributed by atoms with Gasteiger partial charge < -0.3 is 9.40 Å². The molecule has 0 saturated heterocycles. The van der Waals surface area contributed by atoms with E-state index < -0.39 is 17.8 Å². The number of rotatable bonds is 3. The molecule has 1 aliphatic rings. The molecular formula is C13H10N4O4. The summed E-state index contributed by atoms with van der Waals surface area (Å²) in [4.78, 5) is 40.7. The zero-order valence-electron chi connectivity index (χ0n) is 11.0. The van der Waals surface area contributed by atoms with Gasteiger partial charge in [-0.3, -0.25) is 9.59 Å². The Morgan fingerprint density at radius 1 is 1.19 bits per heavy atom. The summed E-state index contributed by atoms with van der Waals surface area (Å²) in [7, 11) is 1.67. The average Bonchev–Trinajstić information content (AvgIpc) is 2.97. The minimum atomic E-state index is -0.763. The van der Waals surface area contributed by atoms with Gasteiger partial charge in [-0.2, -0.15) is 0 Å². The number of aryl methyl sites for hydroxylation is 1. The van der Waals surface area contributed by atoms with E-state index in [1.807, 2.05) is 0 Å². The van der Waals surface area contributed by atoms with Gasteiger partial charge in [-0.25, -0.2) is 4.79 Å². The van der Waals surface area contributed by atoms with Crippen molar-refractivity contribution in [3.8, 4) is 0 Å². The Kier molecular flexibility index (Phi) is 2.98. The highest BCUT2D eigenvalue weighted by Gasteiger charge is 2.38. The number of amides is 2. The highest BCUT2D eigenvalue weighted by Crippen LogP contribution is 2.22. The van der Waals surface area contributed by atoms with Crippen LogP contribution in [0, 0.1) is 0 Å². The summed E-state index contributed by atoms with van der Waals surface area (Å²) in [5.41, 5.74) is 0.433. The Bertz CT molecular complexity index is 717. The van der Waals surface area contributed by atoms with Crippen LogP contribution in [0.1, 0.15) is 26.5 Å². The number of carbonyl (C=O) groups is 3. The van der Waals surface area contributed by atoms with Crippen LogP contribution in [0.4, 0.5) is 0 Å². The highest BCUT2D eigenvalue weighted by molar-refractivity contribution is 6.20. The molecule has 8 nitrogen and oxygen atoms in total. The smallest absolute Gasteiger partial charge is 0.329 e. The van der Waals surface area contributed by atoms with Crippen LogP contribution in [-0.2, 0) is 23.1 Å². The van der Waals surface area contributed by atoms with Crippen LogP contribution in [0.2, 0.25) is 0 Å². The van der Waals surface area contributed by atoms with Crippen LogP contribution >= 0.6 is 0 Å². The van der Waals surface area contributed by atoms with Gasteiger partial charge in [0.25, 0.3) is 11.8 Å². The zero-order chi connectivity index (χ0) is 15.0. The predicted octanol–water partition coefficient (Wildman–Crippen LogP) is 0.112. The number of hydrogen-bond donors (Lipinski definition) is 0. The summed E-state index contributed by atoms with van der Waals surface area (Å²) in [6.07, 6.45) is 1.24. The Morgan fingerprint density at radius 2 is 1.81 bits per heavy atom. The highest BCUT2D eigenvalue weighted by atomic mass is 16.7. The van der Waals surface area contributed by atoms with Crippen LogP contribution in [0.3, 0.4) is 0 Å². The first-order valence-electron chi connectivity index (χ1n) is 6.09. The third-order valence-electron chi connectivity index (χ3n) is 3.06. The fourth-order valence-electron chi connectivity index (χ4n) is 1.98. The molecule has 1 aromatic heterocycles. The molecule has 0 radical (unpaired) electrons. The largest absolute Gasteiger partial charge is 0.340 e. The van der Waals surface area contributed by atoms with Crippen molar-refractivity contribution in [3.05, 3.63) is 47.5 Å². The Balaban J connectivity index is 1.75. The molecule has 2 amide bonds. The summed E-state index contributed by atoms with van der Waals surface area (Å²) in [6.45, 7) is 0. The lowest BCUT2D eigenvalue weighted by Crippen LogP contribution is -2.33. The molecular weight excluding hydrogens is 276 g/mol. The maximum absolute atomic E-state index is 12.0. The summed E-state index contributed by atoms with van der Waals surface area (Å²) in [5.74, 6) is -1.69. The Labute approximate surface area is 118 Å². The summed E-state index contributed by atoms with van der Waals surface area (Å²) >= 11 is 0. The molecule has 1 aromatic carbocycles. The van der Waals surface area contributed by atoms with Crippen molar-refractivity contribution in [2.45, 2.75) is 6.42 Å². The molecule has 0 aliphatic carbocycles. The molecule has 3 rings (SSSR count). The van der Waals surface area contributed by atoms with E-state index in [-0.39, 0.29) is 17.5 Å². The molecule has 0 fully saturated rings. The van der Waals surface area contributed by atoms with Crippen molar-refractivity contribution in [1.82, 2.24) is 19.8 Å². The van der Waals surface area contributed by atoms with E-state index in [0.29, 0.717) is 10.9 Å². The monoisotopic (exact) mass is 286 g/mol. The molecule has 0 bridgehead atoms. The normalized spacial score (nSPS) is 13.5. The van der Waals surface area contributed by atoms with Crippen molar-refractivity contribution in [2.24, 2.45) is 7.05 Å². The molecule has 0 saturated carbocycles. The lowest BCUT2D eigenvalue weighted by molar-refractivity contribution is -0.167. The molecule has 0 N–H and O–H groups in total. The van der Waals surface area contributed by atoms with Gasteiger partial charge in [-0.05, 0) is 12.1 Å². The topological polar surface area (TPSA) is 94.4 Å². The first-order valence-corrected chi connectivity index (χ1v) is 6.09. The summed E-state index contributed by atoms with van der Waals surface area (Å²) in [6, 6.07) is 6.28. The minimum absolute atomic E-state index is 0.191. The van der Waals surface area contributed by atoms with Gasteiger partial charge >= 0.3 is 5.97 Å². The van der Waals surface area contributed by atoms with E-state index in [9.17, 15) is 14.4 Å². The molecule has 1 aliphatic heterocycles. The van der Waals surface area contributed by atoms with E-state index in [2.05, 4.69) is 10.2 Å². The van der Waals surface area contributed by atoms with Gasteiger partial charge in [0.2, 0.25) is 0 Å². The van der Waals surface area contributed by atoms with Crippen molar-refractivity contribution >= 4 is 17.8 Å². The zero-order valence-corrected chi connectivity index (χ0v) is 11.0. The number of fused-ring (bicyclic) bond motifs is 1. The molecule has 0 atom stereocenters. The number of benzene rings is 1. The average molecular weight is 286 g/mol. The van der Waals surface area contributed by atoms with Gasteiger partial charge in [0.05, 0.1) is 11.1 Å². The van der Waals surface area contributed by atoms with Gasteiger partial charge in [0.15, 0.2) is 0 Å². The number of aromatic nitrogens is 3. The van der Waals surface area contributed by atoms with Crippen molar-refractivity contribution in [1.29, 1.82) is 0 Å². The van der Waals surface area contributed by atoms with E-state index in [1.165, 1.54) is 18.5 Å². The number of hydroxylamine groups is 2. The molecule has 2 aromatic rings. The fraction of sp³-hybridized carbons (Fsp3) is 0.154. The van der Waals surface area contributed by atoms with Crippen LogP contribution in [0.5, 0.6) is 0 Å². The van der Waals surface area contributed by atoms with Crippen LogP contribution in [-0.4, -0.2) is 37.6 Å². The van der Waals surface area contributed by atoms with Crippen LogP contribution in [0.15, 0.2) is 30.6 Å². The second kappa shape index (κ2) is 4.82. The van der Waals surface area contributed by atoms with Crippen molar-refractivity contribution < 1.29 is 19.2 Å². The number of nitrogens with zero attached hydrogens (tertiary/aromatic N) is 4. The van der Waals surface area contributed by atoms with E-state index in [1.54, 1.807) is 23.7 Å². The Hall–Kier alpha value is -3.03. The third kappa shape index (κ3) is 2.16. The molecule has 0 spiro atoms. The minimum Gasteiger partial charge on any atom is -0.329 e. The van der Waals surface area contributed by atoms with Gasteiger partial charge in [0, 0.05) is 7.05 Å². The first kappa shape index (κ1) is 13.0. The molecule has 2 heterocycles. The van der Waals surface area contributed by atoms with Crippen molar-refractivity contribution in [3.63, 3.8) is 0 Å². The quantitative estimate of drug-likeness (QED) is 0.743. The van der Waals surface area contributed by atoms with Crippen molar-refractivity contribution in [2.75, 3.05) is 0 Å². The van der Waals surface area contributed by atoms with Crippen LogP contribution < -0.4 is 0 Å². The number of hydrogen-bond acceptors (Lipinski definition) is 6. The first-order chi connectivity index (χ1) is 10.1. The van der Waals surface area contributed by atoms with Gasteiger partial charge in [-0.15, -0.1) is 10.2 Å².